The molecule has 0 aliphatic rings. The minimum absolute atomic E-state index is 0.152. The molecule has 0 heterocycles. The van der Waals surface area contributed by atoms with Crippen LogP contribution in [0.2, 0.25) is 0 Å². The lowest BCUT2D eigenvalue weighted by Crippen LogP contribution is -2.18. The van der Waals surface area contributed by atoms with Crippen molar-refractivity contribution in [2.45, 2.75) is 54.0 Å². The molecular formula is C22H35NO. The predicted octanol–water partition coefficient (Wildman–Crippen LogP) is 5.97. The van der Waals surface area contributed by atoms with Crippen molar-refractivity contribution in [1.82, 2.24) is 5.32 Å². The summed E-state index contributed by atoms with van der Waals surface area (Å²) in [5.74, 6) is 0.211. The number of Topliss-reactive ketones (excluding diaryl/α,β-unsaturated/α-hetero) is 1. The molecule has 1 N–H and O–H groups in total. The molecule has 2 heteroatoms. The van der Waals surface area contributed by atoms with Gasteiger partial charge in [0.15, 0.2) is 0 Å². The lowest BCUT2D eigenvalue weighted by atomic mass is 10.0. The average molecular weight is 330 g/mol. The van der Waals surface area contributed by atoms with Gasteiger partial charge in [-0.1, -0.05) is 93.9 Å². The number of hydrogen-bond donors (Lipinski definition) is 1. The SMILES string of the molecule is CC.CC.CNC(CC(C)=O)c1ccccc1.Cc1ccccc1. The molecule has 0 saturated heterocycles. The summed E-state index contributed by atoms with van der Waals surface area (Å²) in [5, 5.41) is 3.13. The van der Waals surface area contributed by atoms with E-state index in [-0.39, 0.29) is 11.8 Å². The van der Waals surface area contributed by atoms with Crippen LogP contribution in [0.15, 0.2) is 60.7 Å². The van der Waals surface area contributed by atoms with E-state index in [1.165, 1.54) is 11.1 Å². The molecule has 0 amide bonds. The van der Waals surface area contributed by atoms with Crippen LogP contribution in [-0.2, 0) is 4.79 Å². The van der Waals surface area contributed by atoms with E-state index in [1.54, 1.807) is 6.92 Å². The van der Waals surface area contributed by atoms with Gasteiger partial charge >= 0.3 is 0 Å². The number of carbonyl (C=O) groups is 1. The Morgan fingerprint density at radius 3 is 1.58 bits per heavy atom. The van der Waals surface area contributed by atoms with Gasteiger partial charge in [-0.2, -0.15) is 0 Å². The van der Waals surface area contributed by atoms with Gasteiger partial charge in [-0.05, 0) is 26.5 Å². The van der Waals surface area contributed by atoms with E-state index in [1.807, 2.05) is 83.3 Å². The number of nitrogens with one attached hydrogen (secondary N) is 1. The van der Waals surface area contributed by atoms with Crippen molar-refractivity contribution >= 4 is 5.78 Å². The smallest absolute Gasteiger partial charge is 0.131 e. The van der Waals surface area contributed by atoms with Crippen LogP contribution in [-0.4, -0.2) is 12.8 Å². The number of benzene rings is 2. The predicted molar refractivity (Wildman–Crippen MR) is 107 cm³/mol. The molecule has 0 bridgehead atoms. The zero-order chi connectivity index (χ0) is 18.8. The van der Waals surface area contributed by atoms with Gasteiger partial charge < -0.3 is 5.32 Å². The van der Waals surface area contributed by atoms with E-state index >= 15 is 0 Å². The van der Waals surface area contributed by atoms with E-state index in [0.717, 1.165) is 0 Å². The second-order valence-electron chi connectivity index (χ2n) is 4.81. The lowest BCUT2D eigenvalue weighted by molar-refractivity contribution is -0.117. The fourth-order valence-electron chi connectivity index (χ4n) is 1.89. The third-order valence-corrected chi connectivity index (χ3v) is 2.98. The maximum absolute atomic E-state index is 10.9. The average Bonchev–Trinajstić information content (AvgIpc) is 2.65. The number of aryl methyl sites for hydroxylation is 1. The topological polar surface area (TPSA) is 29.1 Å². The summed E-state index contributed by atoms with van der Waals surface area (Å²) < 4.78 is 0. The van der Waals surface area contributed by atoms with Gasteiger partial charge in [0, 0.05) is 12.5 Å². The van der Waals surface area contributed by atoms with E-state index in [4.69, 9.17) is 0 Å². The monoisotopic (exact) mass is 329 g/mol. The first-order valence-electron chi connectivity index (χ1n) is 8.86. The Kier molecular flexibility index (Phi) is 17.7. The molecule has 24 heavy (non-hydrogen) atoms. The van der Waals surface area contributed by atoms with Gasteiger partial charge in [-0.3, -0.25) is 4.79 Å². The zero-order valence-electron chi connectivity index (χ0n) is 16.5. The molecule has 0 radical (unpaired) electrons. The van der Waals surface area contributed by atoms with Crippen LogP contribution in [0.3, 0.4) is 0 Å². The van der Waals surface area contributed by atoms with Gasteiger partial charge in [0.2, 0.25) is 0 Å². The first kappa shape index (κ1) is 24.3. The quantitative estimate of drug-likeness (QED) is 0.748. The maximum atomic E-state index is 10.9. The van der Waals surface area contributed by atoms with Gasteiger partial charge in [0.05, 0.1) is 0 Å². The molecule has 1 unspecified atom stereocenters. The van der Waals surface area contributed by atoms with Crippen LogP contribution in [0.1, 0.15) is 58.2 Å². The summed E-state index contributed by atoms with van der Waals surface area (Å²) in [4.78, 5) is 10.9. The lowest BCUT2D eigenvalue weighted by Gasteiger charge is -2.14. The molecule has 1 atom stereocenters. The summed E-state index contributed by atoms with van der Waals surface area (Å²) in [6, 6.07) is 20.4. The Bertz CT molecular complexity index is 494. The number of rotatable bonds is 4. The molecule has 0 spiro atoms. The van der Waals surface area contributed by atoms with Crippen LogP contribution in [0.25, 0.3) is 0 Å². The highest BCUT2D eigenvalue weighted by Crippen LogP contribution is 2.15. The maximum Gasteiger partial charge on any atom is 0.131 e. The van der Waals surface area contributed by atoms with Crippen molar-refractivity contribution in [3.8, 4) is 0 Å². The number of hydrogen-bond acceptors (Lipinski definition) is 2. The molecular weight excluding hydrogens is 294 g/mol. The third kappa shape index (κ3) is 12.6. The van der Waals surface area contributed by atoms with Gasteiger partial charge in [0.25, 0.3) is 0 Å². The van der Waals surface area contributed by atoms with Crippen LogP contribution in [0.4, 0.5) is 0 Å². The Hall–Kier alpha value is -1.93. The molecule has 134 valence electrons. The molecule has 0 aromatic heterocycles. The second-order valence-corrected chi connectivity index (χ2v) is 4.81. The first-order chi connectivity index (χ1) is 11.6. The normalized spacial score (nSPS) is 9.79. The summed E-state index contributed by atoms with van der Waals surface area (Å²) in [5.41, 5.74) is 2.49. The number of carbonyl (C=O) groups excluding carboxylic acids is 1. The summed E-state index contributed by atoms with van der Waals surface area (Å²) in [7, 11) is 1.88. The molecule has 0 aliphatic carbocycles. The largest absolute Gasteiger partial charge is 0.313 e. The molecule has 0 saturated carbocycles. The Labute approximate surface area is 149 Å². The minimum atomic E-state index is 0.152. The molecule has 2 aromatic rings. The Balaban J connectivity index is 0. The van der Waals surface area contributed by atoms with Crippen LogP contribution >= 0.6 is 0 Å². The van der Waals surface area contributed by atoms with E-state index in [0.29, 0.717) is 6.42 Å². The molecule has 2 rings (SSSR count). The highest BCUT2D eigenvalue weighted by atomic mass is 16.1. The van der Waals surface area contributed by atoms with Crippen LogP contribution < -0.4 is 5.32 Å². The van der Waals surface area contributed by atoms with E-state index in [2.05, 4.69) is 24.4 Å². The standard InChI is InChI=1S/C11H15NO.C7H8.2C2H6/c1-9(13)8-11(12-2)10-6-4-3-5-7-10;1-7-5-3-2-4-6-7;2*1-2/h3-7,11-12H,8H2,1-2H3;2-6H,1H3;2*1-2H3. The molecule has 2 nitrogen and oxygen atoms in total. The zero-order valence-corrected chi connectivity index (χ0v) is 16.5. The third-order valence-electron chi connectivity index (χ3n) is 2.98. The van der Waals surface area contributed by atoms with Crippen molar-refractivity contribution in [2.24, 2.45) is 0 Å². The molecule has 0 fully saturated rings. The van der Waals surface area contributed by atoms with Crippen molar-refractivity contribution in [1.29, 1.82) is 0 Å². The summed E-state index contributed by atoms with van der Waals surface area (Å²) >= 11 is 0. The Morgan fingerprint density at radius 2 is 1.29 bits per heavy atom. The van der Waals surface area contributed by atoms with Crippen molar-refractivity contribution in [2.75, 3.05) is 7.05 Å². The molecule has 2 aromatic carbocycles. The molecule has 0 aliphatic heterocycles. The van der Waals surface area contributed by atoms with Crippen molar-refractivity contribution < 1.29 is 4.79 Å². The first-order valence-corrected chi connectivity index (χ1v) is 8.86. The van der Waals surface area contributed by atoms with E-state index in [9.17, 15) is 4.79 Å². The second kappa shape index (κ2) is 17.4. The van der Waals surface area contributed by atoms with Gasteiger partial charge in [-0.25, -0.2) is 0 Å². The fraction of sp³-hybridized carbons (Fsp3) is 0.409. The minimum Gasteiger partial charge on any atom is -0.313 e. The van der Waals surface area contributed by atoms with Gasteiger partial charge in [-0.15, -0.1) is 0 Å². The highest BCUT2D eigenvalue weighted by Gasteiger charge is 2.09. The van der Waals surface area contributed by atoms with Crippen LogP contribution in [0.5, 0.6) is 0 Å². The summed E-state index contributed by atoms with van der Waals surface area (Å²) in [6.07, 6.45) is 0.556. The fourth-order valence-corrected chi connectivity index (χ4v) is 1.89. The van der Waals surface area contributed by atoms with E-state index < -0.39 is 0 Å². The summed E-state index contributed by atoms with van der Waals surface area (Å²) in [6.45, 7) is 11.7. The highest BCUT2D eigenvalue weighted by molar-refractivity contribution is 5.76. The Morgan fingerprint density at radius 1 is 0.875 bits per heavy atom. The number of ketones is 1. The van der Waals surface area contributed by atoms with Crippen molar-refractivity contribution in [3.05, 3.63) is 71.8 Å². The van der Waals surface area contributed by atoms with Gasteiger partial charge in [0.1, 0.15) is 5.78 Å². The van der Waals surface area contributed by atoms with Crippen LogP contribution in [0, 0.1) is 6.92 Å². The van der Waals surface area contributed by atoms with Crippen molar-refractivity contribution in [3.63, 3.8) is 0 Å².